The zero-order chi connectivity index (χ0) is 18.5. The standard InChI is InChI=1S/C23H30N2O2/c1-2-26-22-12-11-20(16-23(22)27-21-9-6-10-21)25-14-13-24-19(17-25)15-18-7-4-3-5-8-18/h3-5,7-8,11-12,16,19,21,24H,2,6,9-10,13-15,17H2,1H3. The van der Waals surface area contributed by atoms with Crippen LogP contribution in [0.3, 0.4) is 0 Å². The lowest BCUT2D eigenvalue weighted by atomic mass is 9.96. The molecular formula is C23H30N2O2. The second-order valence-corrected chi connectivity index (χ2v) is 7.52. The number of nitrogens with zero attached hydrogens (tertiary/aromatic N) is 1. The van der Waals surface area contributed by atoms with Gasteiger partial charge in [-0.05, 0) is 50.3 Å². The maximum atomic E-state index is 6.22. The first-order chi connectivity index (χ1) is 13.3. The van der Waals surface area contributed by atoms with Crippen molar-refractivity contribution in [1.29, 1.82) is 0 Å². The van der Waals surface area contributed by atoms with E-state index in [1.165, 1.54) is 17.7 Å². The fourth-order valence-electron chi connectivity index (χ4n) is 3.82. The second kappa shape index (κ2) is 8.66. The zero-order valence-electron chi connectivity index (χ0n) is 16.2. The summed E-state index contributed by atoms with van der Waals surface area (Å²) >= 11 is 0. The summed E-state index contributed by atoms with van der Waals surface area (Å²) in [5, 5.41) is 3.67. The molecule has 0 spiro atoms. The Hall–Kier alpha value is -2.20. The summed E-state index contributed by atoms with van der Waals surface area (Å²) in [7, 11) is 0. The molecule has 0 bridgehead atoms. The predicted molar refractivity (Wildman–Crippen MR) is 110 cm³/mol. The largest absolute Gasteiger partial charge is 0.490 e. The maximum Gasteiger partial charge on any atom is 0.163 e. The molecule has 27 heavy (non-hydrogen) atoms. The van der Waals surface area contributed by atoms with Crippen molar-refractivity contribution in [2.75, 3.05) is 31.1 Å². The van der Waals surface area contributed by atoms with Crippen molar-refractivity contribution in [1.82, 2.24) is 5.32 Å². The highest BCUT2D eigenvalue weighted by atomic mass is 16.5. The van der Waals surface area contributed by atoms with Crippen LogP contribution in [0.2, 0.25) is 0 Å². The third-order valence-corrected chi connectivity index (χ3v) is 5.52. The Labute approximate surface area is 162 Å². The van der Waals surface area contributed by atoms with Gasteiger partial charge in [-0.2, -0.15) is 0 Å². The van der Waals surface area contributed by atoms with E-state index in [0.29, 0.717) is 18.8 Å². The molecule has 1 aliphatic carbocycles. The lowest BCUT2D eigenvalue weighted by molar-refractivity contribution is 0.115. The molecule has 1 saturated heterocycles. The number of hydrogen-bond donors (Lipinski definition) is 1. The summed E-state index contributed by atoms with van der Waals surface area (Å²) in [4.78, 5) is 2.47. The molecule has 1 saturated carbocycles. The van der Waals surface area contributed by atoms with Crippen molar-refractivity contribution in [3.05, 3.63) is 54.1 Å². The van der Waals surface area contributed by atoms with Gasteiger partial charge in [0.1, 0.15) is 0 Å². The molecule has 4 heteroatoms. The normalized spacial score (nSPS) is 20.2. The van der Waals surface area contributed by atoms with E-state index in [2.05, 4.69) is 58.7 Å². The van der Waals surface area contributed by atoms with Gasteiger partial charge in [-0.3, -0.25) is 0 Å². The van der Waals surface area contributed by atoms with Crippen molar-refractivity contribution in [3.63, 3.8) is 0 Å². The van der Waals surface area contributed by atoms with Gasteiger partial charge in [-0.1, -0.05) is 30.3 Å². The molecule has 0 radical (unpaired) electrons. The number of anilines is 1. The Kier molecular flexibility index (Phi) is 5.83. The fourth-order valence-corrected chi connectivity index (χ4v) is 3.82. The topological polar surface area (TPSA) is 33.7 Å². The van der Waals surface area contributed by atoms with Crippen molar-refractivity contribution in [2.45, 2.75) is 44.8 Å². The van der Waals surface area contributed by atoms with Crippen LogP contribution >= 0.6 is 0 Å². The minimum atomic E-state index is 0.355. The van der Waals surface area contributed by atoms with Crippen molar-refractivity contribution in [2.24, 2.45) is 0 Å². The van der Waals surface area contributed by atoms with Crippen LogP contribution in [0, 0.1) is 0 Å². The highest BCUT2D eigenvalue weighted by molar-refractivity contribution is 5.57. The van der Waals surface area contributed by atoms with Gasteiger partial charge in [-0.25, -0.2) is 0 Å². The quantitative estimate of drug-likeness (QED) is 0.802. The van der Waals surface area contributed by atoms with Gasteiger partial charge in [0, 0.05) is 37.4 Å². The van der Waals surface area contributed by atoms with Gasteiger partial charge in [0.05, 0.1) is 12.7 Å². The Balaban J connectivity index is 1.47. The average Bonchev–Trinajstić information content (AvgIpc) is 2.67. The van der Waals surface area contributed by atoms with Gasteiger partial charge < -0.3 is 19.7 Å². The third-order valence-electron chi connectivity index (χ3n) is 5.52. The first kappa shape index (κ1) is 18.2. The molecule has 144 valence electrons. The molecule has 2 aromatic rings. The van der Waals surface area contributed by atoms with Crippen LogP contribution in [0.25, 0.3) is 0 Å². The van der Waals surface area contributed by atoms with E-state index >= 15 is 0 Å². The number of rotatable bonds is 7. The van der Waals surface area contributed by atoms with Crippen LogP contribution in [0.15, 0.2) is 48.5 Å². The first-order valence-electron chi connectivity index (χ1n) is 10.3. The molecule has 1 heterocycles. The van der Waals surface area contributed by atoms with E-state index < -0.39 is 0 Å². The van der Waals surface area contributed by atoms with Crippen molar-refractivity contribution >= 4 is 5.69 Å². The molecule has 1 atom stereocenters. The Bertz CT molecular complexity index is 730. The summed E-state index contributed by atoms with van der Waals surface area (Å²) in [6.07, 6.45) is 4.99. The molecule has 1 aliphatic heterocycles. The number of benzene rings is 2. The molecule has 2 aliphatic rings. The Morgan fingerprint density at radius 1 is 1.07 bits per heavy atom. The summed E-state index contributed by atoms with van der Waals surface area (Å²) < 4.78 is 12.0. The zero-order valence-corrected chi connectivity index (χ0v) is 16.2. The fraction of sp³-hybridized carbons (Fsp3) is 0.478. The molecule has 1 N–H and O–H groups in total. The van der Waals surface area contributed by atoms with Crippen molar-refractivity contribution < 1.29 is 9.47 Å². The lowest BCUT2D eigenvalue weighted by Crippen LogP contribution is -2.51. The monoisotopic (exact) mass is 366 g/mol. The van der Waals surface area contributed by atoms with Gasteiger partial charge in [0.2, 0.25) is 0 Å². The third kappa shape index (κ3) is 4.56. The Morgan fingerprint density at radius 3 is 2.67 bits per heavy atom. The predicted octanol–water partition coefficient (Wildman–Crippen LogP) is 4.04. The number of piperazine rings is 1. The molecule has 4 nitrogen and oxygen atoms in total. The second-order valence-electron chi connectivity index (χ2n) is 7.52. The van der Waals surface area contributed by atoms with Crippen LogP contribution < -0.4 is 19.7 Å². The summed E-state index contributed by atoms with van der Waals surface area (Å²) in [6.45, 7) is 5.70. The highest BCUT2D eigenvalue weighted by Crippen LogP contribution is 2.36. The number of nitrogens with one attached hydrogen (secondary N) is 1. The van der Waals surface area contributed by atoms with E-state index in [1.807, 2.05) is 6.92 Å². The van der Waals surface area contributed by atoms with Crippen LogP contribution in [0.4, 0.5) is 5.69 Å². The summed E-state index contributed by atoms with van der Waals surface area (Å²) in [5.74, 6) is 1.77. The minimum absolute atomic E-state index is 0.355. The summed E-state index contributed by atoms with van der Waals surface area (Å²) in [6, 6.07) is 17.6. The minimum Gasteiger partial charge on any atom is -0.490 e. The first-order valence-corrected chi connectivity index (χ1v) is 10.3. The maximum absolute atomic E-state index is 6.22. The summed E-state index contributed by atoms with van der Waals surface area (Å²) in [5.41, 5.74) is 2.62. The van der Waals surface area contributed by atoms with Gasteiger partial charge >= 0.3 is 0 Å². The highest BCUT2D eigenvalue weighted by Gasteiger charge is 2.23. The van der Waals surface area contributed by atoms with Gasteiger partial charge in [0.15, 0.2) is 11.5 Å². The smallest absolute Gasteiger partial charge is 0.163 e. The number of hydrogen-bond acceptors (Lipinski definition) is 4. The Morgan fingerprint density at radius 2 is 1.93 bits per heavy atom. The molecule has 4 rings (SSSR count). The molecule has 2 aromatic carbocycles. The average molecular weight is 367 g/mol. The SMILES string of the molecule is CCOc1ccc(N2CCNC(Cc3ccccc3)C2)cc1OC1CCC1. The van der Waals surface area contributed by atoms with Crippen LogP contribution in [0.5, 0.6) is 11.5 Å². The molecule has 1 unspecified atom stereocenters. The molecule has 0 amide bonds. The van der Waals surface area contributed by atoms with Gasteiger partial charge in [-0.15, -0.1) is 0 Å². The van der Waals surface area contributed by atoms with Crippen LogP contribution in [-0.4, -0.2) is 38.4 Å². The van der Waals surface area contributed by atoms with Crippen LogP contribution in [-0.2, 0) is 6.42 Å². The van der Waals surface area contributed by atoms with E-state index in [0.717, 1.165) is 50.4 Å². The number of ether oxygens (including phenoxy) is 2. The van der Waals surface area contributed by atoms with E-state index in [-0.39, 0.29) is 0 Å². The molecule has 2 fully saturated rings. The van der Waals surface area contributed by atoms with Crippen LogP contribution in [0.1, 0.15) is 31.7 Å². The van der Waals surface area contributed by atoms with Gasteiger partial charge in [0.25, 0.3) is 0 Å². The van der Waals surface area contributed by atoms with E-state index in [1.54, 1.807) is 0 Å². The van der Waals surface area contributed by atoms with Crippen molar-refractivity contribution in [3.8, 4) is 11.5 Å². The molecular weight excluding hydrogens is 336 g/mol. The lowest BCUT2D eigenvalue weighted by Gasteiger charge is -2.36. The van der Waals surface area contributed by atoms with E-state index in [9.17, 15) is 0 Å². The molecule has 0 aromatic heterocycles. The van der Waals surface area contributed by atoms with E-state index in [4.69, 9.17) is 9.47 Å².